The molecule has 2 aromatic heterocycles. The molecule has 0 aliphatic rings. The molecule has 0 aromatic carbocycles. The molecule has 2 rings (SSSR count). The Balaban J connectivity index is 1.49. The first kappa shape index (κ1) is 24.0. The standard InChI is InChI=1S/C21H34N2O4S2/c1-20(2,14-16-12-18(24)22-26-16)6-10-28-8-5-9-29-11-7-21(3,4)15-17-13-19(25)23-27-17/h12-13H,5-11,14-15H2,1-4H3,(H,22,24)(H,23,25). The number of nitrogens with one attached hydrogen (secondary N) is 2. The third-order valence-electron chi connectivity index (χ3n) is 4.88. The van der Waals surface area contributed by atoms with Crippen molar-refractivity contribution in [1.29, 1.82) is 0 Å². The van der Waals surface area contributed by atoms with E-state index in [0.717, 1.165) is 48.7 Å². The maximum Gasteiger partial charge on any atom is 0.280 e. The molecule has 0 amide bonds. The quantitative estimate of drug-likeness (QED) is 0.411. The van der Waals surface area contributed by atoms with E-state index in [1.807, 2.05) is 23.5 Å². The van der Waals surface area contributed by atoms with Gasteiger partial charge in [-0.3, -0.25) is 9.59 Å². The van der Waals surface area contributed by atoms with Gasteiger partial charge in [-0.05, 0) is 53.1 Å². The van der Waals surface area contributed by atoms with Crippen molar-refractivity contribution >= 4 is 23.5 Å². The van der Waals surface area contributed by atoms with Gasteiger partial charge >= 0.3 is 0 Å². The molecule has 2 heterocycles. The van der Waals surface area contributed by atoms with E-state index in [4.69, 9.17) is 9.05 Å². The summed E-state index contributed by atoms with van der Waals surface area (Å²) in [6.45, 7) is 8.88. The zero-order valence-corrected chi connectivity index (χ0v) is 19.6. The van der Waals surface area contributed by atoms with Crippen LogP contribution in [0.25, 0.3) is 0 Å². The molecule has 8 heteroatoms. The van der Waals surface area contributed by atoms with E-state index in [9.17, 15) is 9.59 Å². The second-order valence-electron chi connectivity index (χ2n) is 9.12. The van der Waals surface area contributed by atoms with Gasteiger partial charge in [-0.1, -0.05) is 27.7 Å². The van der Waals surface area contributed by atoms with Crippen molar-refractivity contribution in [2.45, 2.75) is 59.8 Å². The monoisotopic (exact) mass is 442 g/mol. The molecule has 164 valence electrons. The lowest BCUT2D eigenvalue weighted by molar-refractivity contribution is 0.291. The first-order chi connectivity index (χ1) is 13.7. The second kappa shape index (κ2) is 11.2. The Morgan fingerprint density at radius 2 is 1.17 bits per heavy atom. The van der Waals surface area contributed by atoms with Gasteiger partial charge in [0, 0.05) is 25.0 Å². The van der Waals surface area contributed by atoms with Crippen molar-refractivity contribution in [3.8, 4) is 0 Å². The van der Waals surface area contributed by atoms with Crippen LogP contribution in [0.5, 0.6) is 0 Å². The molecule has 0 atom stereocenters. The van der Waals surface area contributed by atoms with Crippen molar-refractivity contribution in [1.82, 2.24) is 10.3 Å². The average Bonchev–Trinajstić information content (AvgIpc) is 3.20. The molecule has 0 unspecified atom stereocenters. The van der Waals surface area contributed by atoms with E-state index in [0.29, 0.717) is 0 Å². The molecule has 29 heavy (non-hydrogen) atoms. The fourth-order valence-corrected chi connectivity index (χ4v) is 5.78. The Labute approximate surface area is 180 Å². The number of H-pyrrole nitrogens is 2. The summed E-state index contributed by atoms with van der Waals surface area (Å²) in [7, 11) is 0. The van der Waals surface area contributed by atoms with Crippen molar-refractivity contribution in [2.24, 2.45) is 10.8 Å². The minimum atomic E-state index is -0.165. The summed E-state index contributed by atoms with van der Waals surface area (Å²) in [4.78, 5) is 22.3. The molecule has 0 saturated heterocycles. The molecule has 2 N–H and O–H groups in total. The fourth-order valence-electron chi connectivity index (χ4n) is 3.10. The fraction of sp³-hybridized carbons (Fsp3) is 0.714. The van der Waals surface area contributed by atoms with E-state index in [1.165, 1.54) is 17.9 Å². The van der Waals surface area contributed by atoms with Gasteiger partial charge < -0.3 is 9.05 Å². The average molecular weight is 443 g/mol. The van der Waals surface area contributed by atoms with Crippen molar-refractivity contribution in [3.05, 3.63) is 44.4 Å². The number of hydrogen-bond donors (Lipinski definition) is 2. The molecule has 0 fully saturated rings. The van der Waals surface area contributed by atoms with Crippen LogP contribution in [-0.4, -0.2) is 33.3 Å². The van der Waals surface area contributed by atoms with Crippen molar-refractivity contribution in [3.63, 3.8) is 0 Å². The Hall–Kier alpha value is -1.28. The van der Waals surface area contributed by atoms with Gasteiger partial charge in [-0.2, -0.15) is 33.8 Å². The highest BCUT2D eigenvalue weighted by molar-refractivity contribution is 8.00. The summed E-state index contributed by atoms with van der Waals surface area (Å²) in [5, 5.41) is 4.71. The van der Waals surface area contributed by atoms with Crippen LogP contribution >= 0.6 is 23.5 Å². The molecule has 0 bridgehead atoms. The normalized spacial score (nSPS) is 12.6. The number of aromatic amines is 2. The summed E-state index contributed by atoms with van der Waals surface area (Å²) in [5.41, 5.74) is -0.0713. The number of rotatable bonds is 14. The van der Waals surface area contributed by atoms with Crippen LogP contribution in [0.3, 0.4) is 0 Å². The second-order valence-corrected chi connectivity index (χ2v) is 11.6. The van der Waals surface area contributed by atoms with Crippen molar-refractivity contribution in [2.75, 3.05) is 23.0 Å². The Kier molecular flexibility index (Phi) is 9.27. The van der Waals surface area contributed by atoms with E-state index >= 15 is 0 Å². The lowest BCUT2D eigenvalue weighted by Gasteiger charge is -2.23. The molecule has 0 radical (unpaired) electrons. The van der Waals surface area contributed by atoms with Crippen LogP contribution in [0.1, 0.15) is 58.5 Å². The Morgan fingerprint density at radius 3 is 1.52 bits per heavy atom. The maximum absolute atomic E-state index is 11.1. The largest absolute Gasteiger partial charge is 0.384 e. The van der Waals surface area contributed by atoms with Gasteiger partial charge in [0.15, 0.2) is 0 Å². The van der Waals surface area contributed by atoms with E-state index < -0.39 is 0 Å². The highest BCUT2D eigenvalue weighted by Crippen LogP contribution is 2.29. The smallest absolute Gasteiger partial charge is 0.280 e. The molecular formula is C21H34N2O4S2. The minimum absolute atomic E-state index is 0.129. The Morgan fingerprint density at radius 1 is 0.759 bits per heavy atom. The van der Waals surface area contributed by atoms with Gasteiger partial charge in [-0.15, -0.1) is 0 Å². The Bertz CT molecular complexity index is 764. The highest BCUT2D eigenvalue weighted by Gasteiger charge is 2.21. The maximum atomic E-state index is 11.1. The lowest BCUT2D eigenvalue weighted by Crippen LogP contribution is -2.16. The molecule has 0 saturated carbocycles. The van der Waals surface area contributed by atoms with Crippen LogP contribution in [0.2, 0.25) is 0 Å². The topological polar surface area (TPSA) is 92.0 Å². The first-order valence-electron chi connectivity index (χ1n) is 10.2. The van der Waals surface area contributed by atoms with Gasteiger partial charge in [0.1, 0.15) is 11.5 Å². The predicted octanol–water partition coefficient (Wildman–Crippen LogP) is 4.72. The van der Waals surface area contributed by atoms with Gasteiger partial charge in [0.2, 0.25) is 0 Å². The van der Waals surface area contributed by atoms with Gasteiger partial charge in [0.05, 0.1) is 0 Å². The van der Waals surface area contributed by atoms with E-state index in [2.05, 4.69) is 38.0 Å². The van der Waals surface area contributed by atoms with Crippen LogP contribution in [0.15, 0.2) is 30.8 Å². The highest BCUT2D eigenvalue weighted by atomic mass is 32.2. The first-order valence-corrected chi connectivity index (χ1v) is 12.5. The minimum Gasteiger partial charge on any atom is -0.384 e. The predicted molar refractivity (Wildman–Crippen MR) is 122 cm³/mol. The SMILES string of the molecule is CC(C)(CCSCCCSCCC(C)(C)Cc1cc(=O)[nH]o1)Cc1cc(=O)[nH]o1. The summed E-state index contributed by atoms with van der Waals surface area (Å²) in [6, 6.07) is 3.09. The summed E-state index contributed by atoms with van der Waals surface area (Å²) < 4.78 is 10.3. The summed E-state index contributed by atoms with van der Waals surface area (Å²) >= 11 is 4.01. The molecule has 2 aromatic rings. The van der Waals surface area contributed by atoms with Crippen LogP contribution in [-0.2, 0) is 12.8 Å². The number of hydrogen-bond acceptors (Lipinski definition) is 6. The van der Waals surface area contributed by atoms with E-state index in [-0.39, 0.29) is 21.9 Å². The lowest BCUT2D eigenvalue weighted by atomic mass is 9.85. The number of aromatic nitrogens is 2. The molecular weight excluding hydrogens is 408 g/mol. The van der Waals surface area contributed by atoms with E-state index in [1.54, 1.807) is 12.1 Å². The third-order valence-corrected chi connectivity index (χ3v) is 7.02. The molecule has 6 nitrogen and oxygen atoms in total. The summed E-state index contributed by atoms with van der Waals surface area (Å²) in [5.74, 6) is 6.09. The third kappa shape index (κ3) is 9.85. The van der Waals surface area contributed by atoms with Crippen LogP contribution < -0.4 is 11.1 Å². The zero-order chi connectivity index (χ0) is 21.3. The van der Waals surface area contributed by atoms with Gasteiger partial charge in [-0.25, -0.2) is 0 Å². The number of thioether (sulfide) groups is 2. The van der Waals surface area contributed by atoms with Crippen LogP contribution in [0, 0.1) is 10.8 Å². The van der Waals surface area contributed by atoms with Crippen molar-refractivity contribution < 1.29 is 9.05 Å². The zero-order valence-electron chi connectivity index (χ0n) is 18.0. The van der Waals surface area contributed by atoms with Gasteiger partial charge in [0.25, 0.3) is 11.1 Å². The molecule has 0 aliphatic carbocycles. The molecule has 0 aliphatic heterocycles. The molecule has 0 spiro atoms. The summed E-state index contributed by atoms with van der Waals surface area (Å²) in [6.07, 6.45) is 4.98. The van der Waals surface area contributed by atoms with Crippen LogP contribution in [0.4, 0.5) is 0 Å².